The number of halogens is 2. The summed E-state index contributed by atoms with van der Waals surface area (Å²) in [5, 5.41) is 0.759. The van der Waals surface area contributed by atoms with Gasteiger partial charge in [0.1, 0.15) is 0 Å². The summed E-state index contributed by atoms with van der Waals surface area (Å²) in [5.41, 5.74) is 7.09. The minimum absolute atomic E-state index is 0. The van der Waals surface area contributed by atoms with Gasteiger partial charge in [0.15, 0.2) is 0 Å². The van der Waals surface area contributed by atoms with Crippen LogP contribution < -0.4 is 5.73 Å². The molecule has 0 fully saturated rings. The van der Waals surface area contributed by atoms with E-state index in [0.29, 0.717) is 5.92 Å². The lowest BCUT2D eigenvalue weighted by Crippen LogP contribution is -2.16. The monoisotopic (exact) mass is 219 g/mol. The average molecular weight is 220 g/mol. The molecule has 1 aromatic carbocycles. The Morgan fingerprint density at radius 2 is 1.62 bits per heavy atom. The predicted molar refractivity (Wildman–Crippen MR) is 60.5 cm³/mol. The molecule has 74 valence electrons. The highest BCUT2D eigenvalue weighted by Crippen LogP contribution is 2.20. The van der Waals surface area contributed by atoms with Crippen LogP contribution in [0.1, 0.15) is 25.5 Å². The van der Waals surface area contributed by atoms with Gasteiger partial charge in [-0.05, 0) is 23.6 Å². The molecule has 13 heavy (non-hydrogen) atoms. The molecule has 1 nitrogen and oxygen atoms in total. The van der Waals surface area contributed by atoms with E-state index >= 15 is 0 Å². The molecule has 0 bridgehead atoms. The molecule has 0 aromatic heterocycles. The zero-order valence-corrected chi connectivity index (χ0v) is 9.40. The summed E-state index contributed by atoms with van der Waals surface area (Å²) in [4.78, 5) is 0. The average Bonchev–Trinajstić information content (AvgIpc) is 2.04. The van der Waals surface area contributed by atoms with Crippen LogP contribution in [0.2, 0.25) is 5.02 Å². The van der Waals surface area contributed by atoms with Gasteiger partial charge >= 0.3 is 0 Å². The predicted octanol–water partition coefficient (Wildman–Crippen LogP) is 3.42. The van der Waals surface area contributed by atoms with Crippen molar-refractivity contribution >= 4 is 24.0 Å². The number of nitrogens with two attached hydrogens (primary N) is 1. The molecule has 2 N–H and O–H groups in total. The van der Waals surface area contributed by atoms with Gasteiger partial charge in [0, 0.05) is 11.1 Å². The normalized spacial score (nSPS) is 12.4. The Labute approximate surface area is 90.7 Å². The summed E-state index contributed by atoms with van der Waals surface area (Å²) in [6, 6.07) is 7.82. The fraction of sp³-hybridized carbons (Fsp3) is 0.400. The van der Waals surface area contributed by atoms with Crippen molar-refractivity contribution in [3.8, 4) is 0 Å². The smallest absolute Gasteiger partial charge is 0.0406 e. The van der Waals surface area contributed by atoms with E-state index in [1.165, 1.54) is 0 Å². The van der Waals surface area contributed by atoms with Crippen molar-refractivity contribution in [1.29, 1.82) is 0 Å². The number of rotatable bonds is 2. The molecule has 1 unspecified atom stereocenters. The first-order valence-electron chi connectivity index (χ1n) is 4.12. The fourth-order valence-electron chi connectivity index (χ4n) is 1.07. The van der Waals surface area contributed by atoms with E-state index in [0.717, 1.165) is 10.6 Å². The number of hydrogen-bond acceptors (Lipinski definition) is 1. The molecule has 1 rings (SSSR count). The molecule has 0 radical (unpaired) electrons. The maximum absolute atomic E-state index is 5.94. The summed E-state index contributed by atoms with van der Waals surface area (Å²) in [5.74, 6) is 0.464. The van der Waals surface area contributed by atoms with Crippen LogP contribution in [0.4, 0.5) is 0 Å². The summed E-state index contributed by atoms with van der Waals surface area (Å²) in [6.07, 6.45) is 0. The maximum Gasteiger partial charge on any atom is 0.0406 e. The lowest BCUT2D eigenvalue weighted by atomic mass is 9.97. The molecule has 0 aliphatic rings. The van der Waals surface area contributed by atoms with Gasteiger partial charge in [0.05, 0.1) is 0 Å². The van der Waals surface area contributed by atoms with Crippen LogP contribution in [0.5, 0.6) is 0 Å². The van der Waals surface area contributed by atoms with Crippen molar-refractivity contribution in [1.82, 2.24) is 0 Å². The largest absolute Gasteiger partial charge is 0.324 e. The third-order valence-corrected chi connectivity index (χ3v) is 2.23. The van der Waals surface area contributed by atoms with Crippen LogP contribution >= 0.6 is 24.0 Å². The summed E-state index contributed by atoms with van der Waals surface area (Å²) >= 11 is 5.76. The van der Waals surface area contributed by atoms with Crippen molar-refractivity contribution in [3.05, 3.63) is 34.9 Å². The van der Waals surface area contributed by atoms with Crippen molar-refractivity contribution in [3.63, 3.8) is 0 Å². The second-order valence-electron chi connectivity index (χ2n) is 3.32. The maximum atomic E-state index is 5.94. The SMILES string of the molecule is CC(C)C(N)c1ccc(Cl)cc1.Cl. The Hall–Kier alpha value is -0.240. The molecule has 0 spiro atoms. The van der Waals surface area contributed by atoms with Crippen LogP contribution in [0.15, 0.2) is 24.3 Å². The Balaban J connectivity index is 0.00000144. The topological polar surface area (TPSA) is 26.0 Å². The van der Waals surface area contributed by atoms with E-state index in [4.69, 9.17) is 17.3 Å². The van der Waals surface area contributed by atoms with Crippen LogP contribution in [0.3, 0.4) is 0 Å². The van der Waals surface area contributed by atoms with Crippen molar-refractivity contribution < 1.29 is 0 Å². The Bertz CT molecular complexity index is 244. The zero-order chi connectivity index (χ0) is 9.14. The molecule has 0 amide bonds. The van der Waals surface area contributed by atoms with E-state index in [9.17, 15) is 0 Å². The number of hydrogen-bond donors (Lipinski definition) is 1. The minimum Gasteiger partial charge on any atom is -0.324 e. The Kier molecular flexibility index (Phi) is 5.38. The zero-order valence-electron chi connectivity index (χ0n) is 7.83. The quantitative estimate of drug-likeness (QED) is 0.811. The van der Waals surface area contributed by atoms with Gasteiger partial charge in [-0.15, -0.1) is 12.4 Å². The molecule has 1 atom stereocenters. The fourth-order valence-corrected chi connectivity index (χ4v) is 1.20. The molecule has 0 saturated carbocycles. The van der Waals surface area contributed by atoms with E-state index in [2.05, 4.69) is 13.8 Å². The van der Waals surface area contributed by atoms with Crippen LogP contribution in [-0.2, 0) is 0 Å². The van der Waals surface area contributed by atoms with Gasteiger partial charge < -0.3 is 5.73 Å². The molecule has 0 heterocycles. The van der Waals surface area contributed by atoms with Crippen LogP contribution in [0.25, 0.3) is 0 Å². The van der Waals surface area contributed by atoms with Crippen molar-refractivity contribution in [2.24, 2.45) is 11.7 Å². The molecule has 0 aliphatic heterocycles. The first kappa shape index (κ1) is 12.8. The molecule has 0 saturated heterocycles. The van der Waals surface area contributed by atoms with E-state index in [1.54, 1.807) is 0 Å². The third kappa shape index (κ3) is 3.55. The molecule has 1 aromatic rings. The van der Waals surface area contributed by atoms with Crippen LogP contribution in [-0.4, -0.2) is 0 Å². The number of benzene rings is 1. The molecular formula is C10H15Cl2N. The van der Waals surface area contributed by atoms with E-state index < -0.39 is 0 Å². The molecule has 3 heteroatoms. The van der Waals surface area contributed by atoms with E-state index in [1.807, 2.05) is 24.3 Å². The molecule has 0 aliphatic carbocycles. The highest BCUT2D eigenvalue weighted by atomic mass is 35.5. The second-order valence-corrected chi connectivity index (χ2v) is 3.76. The first-order chi connectivity index (χ1) is 5.61. The highest BCUT2D eigenvalue weighted by Gasteiger charge is 2.09. The van der Waals surface area contributed by atoms with Gasteiger partial charge in [0.25, 0.3) is 0 Å². The van der Waals surface area contributed by atoms with Gasteiger partial charge in [-0.25, -0.2) is 0 Å². The lowest BCUT2D eigenvalue weighted by molar-refractivity contribution is 0.514. The summed E-state index contributed by atoms with van der Waals surface area (Å²) in [6.45, 7) is 4.22. The molecular weight excluding hydrogens is 205 g/mol. The van der Waals surface area contributed by atoms with Crippen molar-refractivity contribution in [2.45, 2.75) is 19.9 Å². The first-order valence-corrected chi connectivity index (χ1v) is 4.50. The van der Waals surface area contributed by atoms with E-state index in [-0.39, 0.29) is 18.4 Å². The summed E-state index contributed by atoms with van der Waals surface area (Å²) < 4.78 is 0. The highest BCUT2D eigenvalue weighted by molar-refractivity contribution is 6.30. The van der Waals surface area contributed by atoms with Gasteiger partial charge in [0.2, 0.25) is 0 Å². The van der Waals surface area contributed by atoms with Gasteiger partial charge in [-0.3, -0.25) is 0 Å². The summed E-state index contributed by atoms with van der Waals surface area (Å²) in [7, 11) is 0. The van der Waals surface area contributed by atoms with Gasteiger partial charge in [-0.2, -0.15) is 0 Å². The minimum atomic E-state index is 0. The van der Waals surface area contributed by atoms with Gasteiger partial charge in [-0.1, -0.05) is 37.6 Å². The third-order valence-electron chi connectivity index (χ3n) is 1.97. The Morgan fingerprint density at radius 3 is 2.00 bits per heavy atom. The van der Waals surface area contributed by atoms with Crippen LogP contribution in [0, 0.1) is 5.92 Å². The Morgan fingerprint density at radius 1 is 1.15 bits per heavy atom. The van der Waals surface area contributed by atoms with Crippen molar-refractivity contribution in [2.75, 3.05) is 0 Å². The lowest BCUT2D eigenvalue weighted by Gasteiger charge is -2.15. The standard InChI is InChI=1S/C10H14ClN.ClH/c1-7(2)10(12)8-3-5-9(11)6-4-8;/h3-7,10H,12H2,1-2H3;1H. The second kappa shape index (κ2) is 5.48.